The van der Waals surface area contributed by atoms with Gasteiger partial charge in [-0.25, -0.2) is 0 Å². The molecule has 6 nitrogen and oxygen atoms in total. The van der Waals surface area contributed by atoms with Crippen LogP contribution in [0, 0.1) is 5.92 Å². The number of amides is 2. The van der Waals surface area contributed by atoms with Gasteiger partial charge in [0, 0.05) is 26.1 Å². The number of benzene rings is 1. The van der Waals surface area contributed by atoms with Gasteiger partial charge in [-0.05, 0) is 18.4 Å². The van der Waals surface area contributed by atoms with Crippen LogP contribution in [-0.4, -0.2) is 65.0 Å². The fraction of sp³-hybridized carbons (Fsp3) is 0.526. The zero-order valence-electron chi connectivity index (χ0n) is 15.1. The summed E-state index contributed by atoms with van der Waals surface area (Å²) < 4.78 is 37.6. The van der Waals surface area contributed by atoms with Gasteiger partial charge in [-0.15, -0.1) is 0 Å². The van der Waals surface area contributed by atoms with E-state index in [-0.39, 0.29) is 44.8 Å². The first-order chi connectivity index (χ1) is 13.1. The van der Waals surface area contributed by atoms with E-state index >= 15 is 0 Å². The summed E-state index contributed by atoms with van der Waals surface area (Å²) in [7, 11) is 0. The third-order valence-corrected chi connectivity index (χ3v) is 5.60. The zero-order chi connectivity index (χ0) is 20.5. The average Bonchev–Trinajstić information content (AvgIpc) is 3.00. The van der Waals surface area contributed by atoms with Gasteiger partial charge in [-0.1, -0.05) is 30.3 Å². The first-order valence-corrected chi connectivity index (χ1v) is 9.05. The summed E-state index contributed by atoms with van der Waals surface area (Å²) >= 11 is 0. The van der Waals surface area contributed by atoms with Crippen molar-refractivity contribution in [1.82, 2.24) is 9.80 Å². The fourth-order valence-corrected chi connectivity index (χ4v) is 4.06. The molecule has 1 atom stereocenters. The number of aliphatic carboxylic acids is 1. The van der Waals surface area contributed by atoms with E-state index < -0.39 is 35.9 Å². The van der Waals surface area contributed by atoms with Crippen LogP contribution in [-0.2, 0) is 19.8 Å². The average molecular weight is 398 g/mol. The monoisotopic (exact) mass is 398 g/mol. The molecule has 2 saturated heterocycles. The molecule has 2 aliphatic rings. The van der Waals surface area contributed by atoms with Crippen molar-refractivity contribution in [3.05, 3.63) is 35.9 Å². The third-order valence-electron chi connectivity index (χ3n) is 5.60. The van der Waals surface area contributed by atoms with Gasteiger partial charge in [-0.3, -0.25) is 14.4 Å². The van der Waals surface area contributed by atoms with Crippen molar-refractivity contribution in [2.75, 3.05) is 26.2 Å². The molecule has 9 heteroatoms. The molecule has 2 amide bonds. The number of alkyl halides is 3. The Kier molecular flexibility index (Phi) is 5.36. The Labute approximate surface area is 159 Å². The maximum Gasteiger partial charge on any atom is 0.406 e. The molecule has 0 aliphatic carbocycles. The lowest BCUT2D eigenvalue weighted by molar-refractivity contribution is -0.157. The first kappa shape index (κ1) is 20.2. The summed E-state index contributed by atoms with van der Waals surface area (Å²) in [6.07, 6.45) is -4.32. The molecule has 2 fully saturated rings. The summed E-state index contributed by atoms with van der Waals surface area (Å²) in [5, 5.41) is 9.79. The summed E-state index contributed by atoms with van der Waals surface area (Å²) in [5.74, 6) is -2.84. The summed E-state index contributed by atoms with van der Waals surface area (Å²) in [6.45, 7) is -1.24. The minimum atomic E-state index is -4.50. The van der Waals surface area contributed by atoms with Crippen molar-refractivity contribution in [2.24, 2.45) is 5.92 Å². The summed E-state index contributed by atoms with van der Waals surface area (Å²) in [6, 6.07) is 8.81. The van der Waals surface area contributed by atoms with Gasteiger partial charge in [0.15, 0.2) is 0 Å². The smallest absolute Gasteiger partial charge is 0.406 e. The summed E-state index contributed by atoms with van der Waals surface area (Å²) in [5.41, 5.74) is -0.423. The normalized spacial score (nSPS) is 22.4. The van der Waals surface area contributed by atoms with Gasteiger partial charge < -0.3 is 14.9 Å². The predicted octanol–water partition coefficient (Wildman–Crippen LogP) is 2.04. The fourth-order valence-electron chi connectivity index (χ4n) is 4.06. The van der Waals surface area contributed by atoms with Crippen molar-refractivity contribution >= 4 is 17.8 Å². The second-order valence-corrected chi connectivity index (χ2v) is 7.37. The molecule has 2 heterocycles. The van der Waals surface area contributed by atoms with Gasteiger partial charge in [0.25, 0.3) is 0 Å². The van der Waals surface area contributed by atoms with Gasteiger partial charge >= 0.3 is 12.1 Å². The Hall–Kier alpha value is -2.58. The molecule has 0 saturated carbocycles. The molecule has 0 aromatic heterocycles. The van der Waals surface area contributed by atoms with Crippen LogP contribution >= 0.6 is 0 Å². The van der Waals surface area contributed by atoms with Gasteiger partial charge in [0.05, 0.1) is 11.3 Å². The number of hydrogen-bond donors (Lipinski definition) is 1. The quantitative estimate of drug-likeness (QED) is 0.842. The number of carboxylic acid groups (broad SMARTS) is 1. The van der Waals surface area contributed by atoms with Crippen LogP contribution in [0.2, 0.25) is 0 Å². The number of piperidine rings is 1. The predicted molar refractivity (Wildman–Crippen MR) is 92.3 cm³/mol. The zero-order valence-corrected chi connectivity index (χ0v) is 15.1. The largest absolute Gasteiger partial charge is 0.481 e. The molecule has 3 rings (SSSR count). The highest BCUT2D eigenvalue weighted by Gasteiger charge is 2.46. The summed E-state index contributed by atoms with van der Waals surface area (Å²) in [4.78, 5) is 38.6. The highest BCUT2D eigenvalue weighted by Crippen LogP contribution is 2.37. The van der Waals surface area contributed by atoms with Gasteiger partial charge in [0.2, 0.25) is 11.8 Å². The number of hydrogen-bond acceptors (Lipinski definition) is 3. The van der Waals surface area contributed by atoms with E-state index in [1.165, 1.54) is 4.90 Å². The number of likely N-dealkylation sites (tertiary alicyclic amines) is 2. The lowest BCUT2D eigenvalue weighted by Gasteiger charge is -2.40. The number of halogens is 3. The third kappa shape index (κ3) is 3.98. The molecule has 1 aromatic carbocycles. The molecule has 152 valence electrons. The highest BCUT2D eigenvalue weighted by atomic mass is 19.4. The highest BCUT2D eigenvalue weighted by molar-refractivity contribution is 5.89. The maximum atomic E-state index is 12.7. The van der Waals surface area contributed by atoms with E-state index in [4.69, 9.17) is 0 Å². The molecular weight excluding hydrogens is 377 g/mol. The number of carbonyl (C=O) groups excluding carboxylic acids is 2. The molecule has 0 unspecified atom stereocenters. The standard InChI is InChI=1S/C19H21F3N2O4/c20-19(21,22)12-24-11-13(10-15(24)25)16(26)23-8-6-18(7-9-23,17(27)28)14-4-2-1-3-5-14/h1-5,13H,6-12H2,(H,27,28)/t13-/m0/s1. The Morgan fingerprint density at radius 1 is 1.14 bits per heavy atom. The molecule has 0 bridgehead atoms. The van der Waals surface area contributed by atoms with E-state index in [2.05, 4.69) is 0 Å². The number of rotatable bonds is 4. The SMILES string of the molecule is O=C1C[C@H](C(=O)N2CCC(C(=O)O)(c3ccccc3)CC2)CN1CC(F)(F)F. The van der Waals surface area contributed by atoms with Crippen LogP contribution in [0.25, 0.3) is 0 Å². The molecule has 2 aliphatic heterocycles. The van der Waals surface area contributed by atoms with Crippen molar-refractivity contribution in [3.63, 3.8) is 0 Å². The van der Waals surface area contributed by atoms with E-state index in [0.717, 1.165) is 0 Å². The second-order valence-electron chi connectivity index (χ2n) is 7.37. The molecule has 1 aromatic rings. The van der Waals surface area contributed by atoms with Crippen molar-refractivity contribution < 1.29 is 32.7 Å². The molecule has 0 radical (unpaired) electrons. The van der Waals surface area contributed by atoms with Gasteiger partial charge in [0.1, 0.15) is 6.54 Å². The molecule has 0 spiro atoms. The Bertz CT molecular complexity index is 758. The Balaban J connectivity index is 1.65. The second kappa shape index (κ2) is 7.44. The lowest BCUT2D eigenvalue weighted by Crippen LogP contribution is -2.50. The topological polar surface area (TPSA) is 77.9 Å². The van der Waals surface area contributed by atoms with Crippen LogP contribution in [0.4, 0.5) is 13.2 Å². The van der Waals surface area contributed by atoms with E-state index in [0.29, 0.717) is 10.5 Å². The van der Waals surface area contributed by atoms with Crippen molar-refractivity contribution in [1.29, 1.82) is 0 Å². The Morgan fingerprint density at radius 3 is 2.29 bits per heavy atom. The molecule has 1 N–H and O–H groups in total. The minimum Gasteiger partial charge on any atom is -0.481 e. The van der Waals surface area contributed by atoms with E-state index in [1.54, 1.807) is 30.3 Å². The van der Waals surface area contributed by atoms with Crippen molar-refractivity contribution in [3.8, 4) is 0 Å². The minimum absolute atomic E-state index is 0.185. The van der Waals surface area contributed by atoms with E-state index in [1.807, 2.05) is 0 Å². The molecule has 28 heavy (non-hydrogen) atoms. The van der Waals surface area contributed by atoms with Crippen LogP contribution < -0.4 is 0 Å². The van der Waals surface area contributed by atoms with Crippen LogP contribution in [0.1, 0.15) is 24.8 Å². The van der Waals surface area contributed by atoms with Crippen LogP contribution in [0.3, 0.4) is 0 Å². The number of nitrogens with zero attached hydrogens (tertiary/aromatic N) is 2. The lowest BCUT2D eigenvalue weighted by atomic mass is 9.72. The number of carbonyl (C=O) groups is 3. The first-order valence-electron chi connectivity index (χ1n) is 9.05. The maximum absolute atomic E-state index is 12.7. The van der Waals surface area contributed by atoms with Gasteiger partial charge in [-0.2, -0.15) is 13.2 Å². The number of carboxylic acids is 1. The van der Waals surface area contributed by atoms with Crippen LogP contribution in [0.15, 0.2) is 30.3 Å². The van der Waals surface area contributed by atoms with Crippen LogP contribution in [0.5, 0.6) is 0 Å². The van der Waals surface area contributed by atoms with Crippen molar-refractivity contribution in [2.45, 2.75) is 30.9 Å². The van der Waals surface area contributed by atoms with E-state index in [9.17, 15) is 32.7 Å². The molecular formula is C19H21F3N2O4. The Morgan fingerprint density at radius 2 is 1.75 bits per heavy atom.